The summed E-state index contributed by atoms with van der Waals surface area (Å²) in [6, 6.07) is 7.39. The van der Waals surface area contributed by atoms with Crippen molar-refractivity contribution in [2.45, 2.75) is 50.1 Å². The molecule has 5 rings (SSSR count). The molecule has 8 heteroatoms. The molecular weight excluding hydrogens is 444 g/mol. The van der Waals surface area contributed by atoms with Gasteiger partial charge in [0.05, 0.1) is 18.5 Å². The van der Waals surface area contributed by atoms with E-state index in [1.807, 2.05) is 25.1 Å². The van der Waals surface area contributed by atoms with Gasteiger partial charge in [0.25, 0.3) is 5.56 Å². The van der Waals surface area contributed by atoms with Gasteiger partial charge in [-0.1, -0.05) is 23.9 Å². The minimum atomic E-state index is -0.371. The summed E-state index contributed by atoms with van der Waals surface area (Å²) in [5, 5.41) is 2.35. The second kappa shape index (κ2) is 8.84. The summed E-state index contributed by atoms with van der Waals surface area (Å²) in [7, 11) is 1.63. The third kappa shape index (κ3) is 3.91. The predicted molar refractivity (Wildman–Crippen MR) is 129 cm³/mol. The number of rotatable bonds is 6. The average molecular weight is 469 g/mol. The summed E-state index contributed by atoms with van der Waals surface area (Å²) in [4.78, 5) is 32.7. The summed E-state index contributed by atoms with van der Waals surface area (Å²) in [6.07, 6.45) is 4.27. The molecule has 166 valence electrons. The lowest BCUT2D eigenvalue weighted by Gasteiger charge is -2.13. The first-order valence-electron chi connectivity index (χ1n) is 10.8. The molecule has 3 heterocycles. The zero-order chi connectivity index (χ0) is 22.2. The van der Waals surface area contributed by atoms with Crippen molar-refractivity contribution in [2.24, 2.45) is 0 Å². The number of nitrogens with zero attached hydrogens (tertiary/aromatic N) is 2. The minimum Gasteiger partial charge on any atom is -0.423 e. The molecule has 4 aromatic rings. The monoisotopic (exact) mass is 468 g/mol. The Bertz CT molecular complexity index is 1430. The normalized spacial score (nSPS) is 13.7. The van der Waals surface area contributed by atoms with Gasteiger partial charge in [0.1, 0.15) is 10.4 Å². The molecular formula is C24H24N2O4S2. The van der Waals surface area contributed by atoms with E-state index in [9.17, 15) is 9.59 Å². The lowest BCUT2D eigenvalue weighted by atomic mass is 9.97. The van der Waals surface area contributed by atoms with Crippen molar-refractivity contribution < 1.29 is 9.15 Å². The molecule has 0 unspecified atom stereocenters. The summed E-state index contributed by atoms with van der Waals surface area (Å²) in [6.45, 7) is 2.85. The molecule has 0 amide bonds. The lowest BCUT2D eigenvalue weighted by Crippen LogP contribution is -2.25. The number of ether oxygens (including phenoxy) is 1. The highest BCUT2D eigenvalue weighted by Crippen LogP contribution is 2.35. The van der Waals surface area contributed by atoms with Crippen LogP contribution in [0, 0.1) is 6.92 Å². The number of hydrogen-bond acceptors (Lipinski definition) is 7. The van der Waals surface area contributed by atoms with Crippen molar-refractivity contribution >= 4 is 44.3 Å². The number of thioether (sulfide) groups is 1. The highest BCUT2D eigenvalue weighted by atomic mass is 32.2. The van der Waals surface area contributed by atoms with Crippen LogP contribution in [0.1, 0.15) is 34.4 Å². The average Bonchev–Trinajstić information content (AvgIpc) is 3.15. The van der Waals surface area contributed by atoms with Crippen molar-refractivity contribution in [3.8, 4) is 0 Å². The molecule has 6 nitrogen and oxygen atoms in total. The molecule has 0 radical (unpaired) electrons. The first-order chi connectivity index (χ1) is 15.5. The van der Waals surface area contributed by atoms with Crippen LogP contribution in [0.5, 0.6) is 0 Å². The van der Waals surface area contributed by atoms with E-state index in [-0.39, 0.29) is 11.2 Å². The second-order valence-corrected chi connectivity index (χ2v) is 10.1. The summed E-state index contributed by atoms with van der Waals surface area (Å²) in [5.41, 5.74) is 3.33. The number of benzene rings is 1. The second-order valence-electron chi connectivity index (χ2n) is 8.11. The first kappa shape index (κ1) is 21.4. The van der Waals surface area contributed by atoms with Gasteiger partial charge >= 0.3 is 5.63 Å². The van der Waals surface area contributed by atoms with Crippen molar-refractivity contribution in [3.63, 3.8) is 0 Å². The van der Waals surface area contributed by atoms with E-state index < -0.39 is 0 Å². The largest absolute Gasteiger partial charge is 0.423 e. The first-order valence-corrected chi connectivity index (χ1v) is 12.6. The van der Waals surface area contributed by atoms with Crippen LogP contribution < -0.4 is 11.2 Å². The molecule has 0 bridgehead atoms. The Balaban J connectivity index is 1.57. The Morgan fingerprint density at radius 1 is 1.22 bits per heavy atom. The molecule has 0 spiro atoms. The Hall–Kier alpha value is -2.42. The van der Waals surface area contributed by atoms with E-state index in [1.165, 1.54) is 34.7 Å². The molecule has 0 aliphatic heterocycles. The van der Waals surface area contributed by atoms with Crippen LogP contribution in [-0.4, -0.2) is 23.3 Å². The fourth-order valence-corrected chi connectivity index (χ4v) is 6.63. The smallest absolute Gasteiger partial charge is 0.336 e. The molecule has 1 aliphatic rings. The van der Waals surface area contributed by atoms with Gasteiger partial charge in [0.2, 0.25) is 0 Å². The molecule has 1 aromatic carbocycles. The molecule has 32 heavy (non-hydrogen) atoms. The van der Waals surface area contributed by atoms with Gasteiger partial charge in [-0.15, -0.1) is 11.3 Å². The fraction of sp³-hybridized carbons (Fsp3) is 0.375. The Morgan fingerprint density at radius 3 is 2.91 bits per heavy atom. The van der Waals surface area contributed by atoms with Gasteiger partial charge in [-0.2, -0.15) is 0 Å². The molecule has 0 atom stereocenters. The number of thiophene rings is 1. The maximum absolute atomic E-state index is 13.5. The molecule has 0 N–H and O–H groups in total. The third-order valence-corrected chi connectivity index (χ3v) is 8.11. The summed E-state index contributed by atoms with van der Waals surface area (Å²) >= 11 is 3.13. The summed E-state index contributed by atoms with van der Waals surface area (Å²) < 4.78 is 12.4. The van der Waals surface area contributed by atoms with Gasteiger partial charge in [0, 0.05) is 29.2 Å². The third-order valence-electron chi connectivity index (χ3n) is 5.90. The van der Waals surface area contributed by atoms with Crippen LogP contribution in [0.2, 0.25) is 0 Å². The van der Waals surface area contributed by atoms with E-state index in [1.54, 1.807) is 23.0 Å². The number of aromatic nitrogens is 2. The predicted octanol–water partition coefficient (Wildman–Crippen LogP) is 4.69. The van der Waals surface area contributed by atoms with Gasteiger partial charge in [-0.05, 0) is 55.4 Å². The van der Waals surface area contributed by atoms with Gasteiger partial charge < -0.3 is 9.15 Å². The van der Waals surface area contributed by atoms with Crippen LogP contribution in [0.4, 0.5) is 0 Å². The molecule has 0 fully saturated rings. The highest BCUT2D eigenvalue weighted by molar-refractivity contribution is 7.98. The maximum Gasteiger partial charge on any atom is 0.336 e. The zero-order valence-electron chi connectivity index (χ0n) is 18.1. The van der Waals surface area contributed by atoms with Crippen LogP contribution in [0.25, 0.3) is 21.2 Å². The SMILES string of the molecule is COCCn1c(SCc2cc(=O)oc3cc(C)ccc23)nc2sc3c(c2c1=O)CCCC3. The summed E-state index contributed by atoms with van der Waals surface area (Å²) in [5.74, 6) is 0.515. The number of aryl methyl sites for hydroxylation is 3. The maximum atomic E-state index is 13.5. The quantitative estimate of drug-likeness (QED) is 0.232. The van der Waals surface area contributed by atoms with E-state index >= 15 is 0 Å². The number of fused-ring (bicyclic) bond motifs is 4. The van der Waals surface area contributed by atoms with E-state index in [0.29, 0.717) is 29.6 Å². The van der Waals surface area contributed by atoms with Gasteiger partial charge in [-0.3, -0.25) is 9.36 Å². The Kier molecular flexibility index (Phi) is 5.92. The highest BCUT2D eigenvalue weighted by Gasteiger charge is 2.22. The van der Waals surface area contributed by atoms with Crippen molar-refractivity contribution in [3.05, 3.63) is 66.6 Å². The van der Waals surface area contributed by atoms with Crippen LogP contribution in [-0.2, 0) is 29.9 Å². The minimum absolute atomic E-state index is 0.0157. The lowest BCUT2D eigenvalue weighted by molar-refractivity contribution is 0.183. The van der Waals surface area contributed by atoms with Crippen molar-refractivity contribution in [1.29, 1.82) is 0 Å². The topological polar surface area (TPSA) is 74.3 Å². The van der Waals surface area contributed by atoms with E-state index in [0.717, 1.165) is 46.0 Å². The standard InChI is InChI=1S/C24H24N2O4S2/c1-14-7-8-16-15(12-20(27)30-18(16)11-14)13-31-24-25-22-21(23(28)26(24)9-10-29-2)17-5-3-4-6-19(17)32-22/h7-8,11-12H,3-6,9-10,13H2,1-2H3. The molecule has 3 aromatic heterocycles. The molecule has 1 aliphatic carbocycles. The van der Waals surface area contributed by atoms with Crippen LogP contribution in [0.3, 0.4) is 0 Å². The van der Waals surface area contributed by atoms with Crippen LogP contribution in [0.15, 0.2) is 43.4 Å². The van der Waals surface area contributed by atoms with Crippen molar-refractivity contribution in [2.75, 3.05) is 13.7 Å². The zero-order valence-corrected chi connectivity index (χ0v) is 19.7. The molecule has 0 saturated heterocycles. The van der Waals surface area contributed by atoms with Gasteiger partial charge in [-0.25, -0.2) is 9.78 Å². The Labute approximate surface area is 193 Å². The number of methoxy groups -OCH3 is 1. The van der Waals surface area contributed by atoms with Gasteiger partial charge in [0.15, 0.2) is 5.16 Å². The van der Waals surface area contributed by atoms with Crippen LogP contribution >= 0.6 is 23.1 Å². The number of hydrogen-bond donors (Lipinski definition) is 0. The van der Waals surface area contributed by atoms with E-state index in [4.69, 9.17) is 14.1 Å². The van der Waals surface area contributed by atoms with Crippen molar-refractivity contribution in [1.82, 2.24) is 9.55 Å². The van der Waals surface area contributed by atoms with E-state index in [2.05, 4.69) is 0 Å². The molecule has 0 saturated carbocycles. The fourth-order valence-electron chi connectivity index (χ4n) is 4.31. The Morgan fingerprint density at radius 2 is 2.06 bits per heavy atom.